The largest absolute Gasteiger partial charge is 0.468 e. The first-order valence-corrected chi connectivity index (χ1v) is 10.1. The van der Waals surface area contributed by atoms with Gasteiger partial charge in [-0.3, -0.25) is 9.69 Å². The third kappa shape index (κ3) is 4.14. The van der Waals surface area contributed by atoms with Gasteiger partial charge in [0.15, 0.2) is 0 Å². The van der Waals surface area contributed by atoms with Gasteiger partial charge in [-0.15, -0.1) is 0 Å². The second-order valence-corrected chi connectivity index (χ2v) is 8.10. The third-order valence-corrected chi connectivity index (χ3v) is 6.03. The molecule has 2 aromatic rings. The van der Waals surface area contributed by atoms with Gasteiger partial charge in [0.2, 0.25) is 10.0 Å². The molecule has 1 aromatic carbocycles. The van der Waals surface area contributed by atoms with E-state index >= 15 is 0 Å². The second kappa shape index (κ2) is 8.03. The molecule has 0 spiro atoms. The first-order valence-electron chi connectivity index (χ1n) is 8.60. The van der Waals surface area contributed by atoms with Crippen molar-refractivity contribution in [2.24, 2.45) is 0 Å². The summed E-state index contributed by atoms with van der Waals surface area (Å²) in [5.41, 5.74) is 0.416. The molecule has 0 aliphatic carbocycles. The van der Waals surface area contributed by atoms with E-state index in [1.54, 1.807) is 6.26 Å². The van der Waals surface area contributed by atoms with Crippen molar-refractivity contribution >= 4 is 15.9 Å². The minimum Gasteiger partial charge on any atom is -0.468 e. The van der Waals surface area contributed by atoms with Gasteiger partial charge in [0.05, 0.1) is 17.2 Å². The summed E-state index contributed by atoms with van der Waals surface area (Å²) >= 11 is 0. The number of hydrogen-bond acceptors (Lipinski definition) is 5. The molecule has 3 rings (SSSR count). The summed E-state index contributed by atoms with van der Waals surface area (Å²) < 4.78 is 31.3. The van der Waals surface area contributed by atoms with E-state index in [0.29, 0.717) is 12.1 Å². The molecule has 2 heterocycles. The van der Waals surface area contributed by atoms with Gasteiger partial charge in [0, 0.05) is 12.1 Å². The molecule has 1 aliphatic heterocycles. The van der Waals surface area contributed by atoms with Crippen molar-refractivity contribution in [3.8, 4) is 0 Å². The number of sulfonamides is 1. The van der Waals surface area contributed by atoms with Crippen LogP contribution in [0.3, 0.4) is 0 Å². The van der Waals surface area contributed by atoms with Gasteiger partial charge in [0.1, 0.15) is 5.76 Å². The molecule has 1 atom stereocenters. The second-order valence-electron chi connectivity index (χ2n) is 6.22. The van der Waals surface area contributed by atoms with Gasteiger partial charge in [-0.05, 0) is 69.4 Å². The van der Waals surface area contributed by atoms with E-state index in [9.17, 15) is 13.2 Å². The molecular weight excluding hydrogens is 354 g/mol. The van der Waals surface area contributed by atoms with Crippen LogP contribution in [0.1, 0.15) is 35.0 Å². The lowest BCUT2D eigenvalue weighted by Gasteiger charge is -2.26. The Balaban J connectivity index is 1.67. The van der Waals surface area contributed by atoms with E-state index in [0.717, 1.165) is 31.7 Å². The molecule has 8 heteroatoms. The van der Waals surface area contributed by atoms with Crippen molar-refractivity contribution in [2.75, 3.05) is 26.7 Å². The number of nitrogens with zero attached hydrogens (tertiary/aromatic N) is 1. The summed E-state index contributed by atoms with van der Waals surface area (Å²) in [5, 5.41) is 2.93. The Hall–Kier alpha value is -2.16. The van der Waals surface area contributed by atoms with Crippen LogP contribution in [-0.2, 0) is 10.0 Å². The lowest BCUT2D eigenvalue weighted by molar-refractivity contribution is 0.0933. The van der Waals surface area contributed by atoms with Gasteiger partial charge in [0.25, 0.3) is 5.91 Å². The Morgan fingerprint density at radius 3 is 2.46 bits per heavy atom. The van der Waals surface area contributed by atoms with Gasteiger partial charge >= 0.3 is 0 Å². The molecule has 7 nitrogen and oxygen atoms in total. The van der Waals surface area contributed by atoms with Crippen LogP contribution in [0.4, 0.5) is 0 Å². The normalized spacial score (nSPS) is 16.5. The average Bonchev–Trinajstić information content (AvgIpc) is 3.36. The summed E-state index contributed by atoms with van der Waals surface area (Å²) in [6.45, 7) is 2.40. The maximum absolute atomic E-state index is 12.4. The predicted octanol–water partition coefficient (Wildman–Crippen LogP) is 1.75. The highest BCUT2D eigenvalue weighted by atomic mass is 32.2. The van der Waals surface area contributed by atoms with E-state index in [2.05, 4.69) is 14.9 Å². The van der Waals surface area contributed by atoms with Crippen molar-refractivity contribution in [2.45, 2.75) is 23.8 Å². The maximum Gasteiger partial charge on any atom is 0.251 e. The highest BCUT2D eigenvalue weighted by Gasteiger charge is 2.26. The van der Waals surface area contributed by atoms with Crippen LogP contribution < -0.4 is 10.0 Å². The minimum absolute atomic E-state index is 0.000363. The number of hydrogen-bond donors (Lipinski definition) is 2. The summed E-state index contributed by atoms with van der Waals surface area (Å²) in [6, 6.07) is 9.64. The van der Waals surface area contributed by atoms with Crippen molar-refractivity contribution in [3.63, 3.8) is 0 Å². The Morgan fingerprint density at radius 1 is 1.19 bits per heavy atom. The van der Waals surface area contributed by atoms with Crippen LogP contribution in [0.15, 0.2) is 52.0 Å². The summed E-state index contributed by atoms with van der Waals surface area (Å²) in [5.74, 6) is 0.594. The molecule has 1 fully saturated rings. The Kier molecular flexibility index (Phi) is 5.75. The van der Waals surface area contributed by atoms with Crippen molar-refractivity contribution in [3.05, 3.63) is 54.0 Å². The van der Waals surface area contributed by atoms with E-state index < -0.39 is 10.0 Å². The smallest absolute Gasteiger partial charge is 0.251 e. The first-order chi connectivity index (χ1) is 12.5. The van der Waals surface area contributed by atoms with Crippen LogP contribution >= 0.6 is 0 Å². The number of nitrogens with one attached hydrogen (secondary N) is 2. The Morgan fingerprint density at radius 2 is 1.88 bits per heavy atom. The number of amides is 1. The molecule has 1 aromatic heterocycles. The minimum atomic E-state index is -3.51. The molecule has 1 aliphatic rings. The van der Waals surface area contributed by atoms with Gasteiger partial charge in [-0.1, -0.05) is 0 Å². The Bertz CT molecular complexity index is 826. The molecule has 0 bridgehead atoms. The Labute approximate surface area is 153 Å². The topological polar surface area (TPSA) is 91.6 Å². The van der Waals surface area contributed by atoms with E-state index in [-0.39, 0.29) is 16.8 Å². The van der Waals surface area contributed by atoms with Gasteiger partial charge in [-0.25, -0.2) is 13.1 Å². The molecule has 1 amide bonds. The monoisotopic (exact) mass is 377 g/mol. The van der Waals surface area contributed by atoms with E-state index in [1.807, 2.05) is 12.1 Å². The summed E-state index contributed by atoms with van der Waals surface area (Å²) in [6.07, 6.45) is 3.93. The highest BCUT2D eigenvalue weighted by Crippen LogP contribution is 2.25. The third-order valence-electron chi connectivity index (χ3n) is 4.60. The molecule has 1 unspecified atom stereocenters. The van der Waals surface area contributed by atoms with Crippen LogP contribution in [0.5, 0.6) is 0 Å². The lowest BCUT2D eigenvalue weighted by Crippen LogP contribution is -2.36. The van der Waals surface area contributed by atoms with Crippen LogP contribution in [0, 0.1) is 0 Å². The molecule has 140 valence electrons. The van der Waals surface area contributed by atoms with E-state index in [1.165, 1.54) is 31.3 Å². The van der Waals surface area contributed by atoms with Gasteiger partial charge < -0.3 is 9.73 Å². The van der Waals surface area contributed by atoms with Crippen molar-refractivity contribution < 1.29 is 17.6 Å². The molecule has 26 heavy (non-hydrogen) atoms. The summed E-state index contributed by atoms with van der Waals surface area (Å²) in [4.78, 5) is 14.9. The number of benzene rings is 1. The molecule has 0 radical (unpaired) electrons. The molecule has 1 saturated heterocycles. The van der Waals surface area contributed by atoms with Crippen molar-refractivity contribution in [1.29, 1.82) is 0 Å². The molecule has 0 saturated carbocycles. The standard InChI is InChI=1S/C18H23N3O4S/c1-19-26(23,24)15-8-6-14(7-9-15)18(22)20-13-16(17-5-4-12-25-17)21-10-2-3-11-21/h4-9,12,16,19H,2-3,10-11,13H2,1H3,(H,20,22). The fourth-order valence-corrected chi connectivity index (χ4v) is 3.87. The zero-order valence-electron chi connectivity index (χ0n) is 14.6. The van der Waals surface area contributed by atoms with Crippen LogP contribution in [-0.4, -0.2) is 45.9 Å². The van der Waals surface area contributed by atoms with Gasteiger partial charge in [-0.2, -0.15) is 0 Å². The number of furan rings is 1. The zero-order valence-corrected chi connectivity index (χ0v) is 15.5. The zero-order chi connectivity index (χ0) is 18.6. The van der Waals surface area contributed by atoms with Crippen molar-refractivity contribution in [1.82, 2.24) is 14.9 Å². The highest BCUT2D eigenvalue weighted by molar-refractivity contribution is 7.89. The first kappa shape index (κ1) is 18.6. The summed E-state index contributed by atoms with van der Waals surface area (Å²) in [7, 11) is -2.16. The SMILES string of the molecule is CNS(=O)(=O)c1ccc(C(=O)NCC(c2ccco2)N2CCCC2)cc1. The van der Waals surface area contributed by atoms with Crippen LogP contribution in [0.2, 0.25) is 0 Å². The fourth-order valence-electron chi connectivity index (χ4n) is 3.14. The quantitative estimate of drug-likeness (QED) is 0.767. The number of likely N-dealkylation sites (tertiary alicyclic amines) is 1. The average molecular weight is 377 g/mol. The molecule has 2 N–H and O–H groups in total. The van der Waals surface area contributed by atoms with E-state index in [4.69, 9.17) is 4.42 Å². The van der Waals surface area contributed by atoms with Crippen LogP contribution in [0.25, 0.3) is 0 Å². The molecular formula is C18H23N3O4S. The number of rotatable bonds is 7. The fraction of sp³-hybridized carbons (Fsp3) is 0.389. The number of carbonyl (C=O) groups is 1. The predicted molar refractivity (Wildman–Crippen MR) is 97.3 cm³/mol. The lowest BCUT2D eigenvalue weighted by atomic mass is 10.1. The maximum atomic E-state index is 12.4. The number of carbonyl (C=O) groups excluding carboxylic acids is 1.